The summed E-state index contributed by atoms with van der Waals surface area (Å²) in [6, 6.07) is 17.9. The molecule has 42 heavy (non-hydrogen) atoms. The molecular formula is C31H28Cl2N2O5S2. The third kappa shape index (κ3) is 7.53. The van der Waals surface area contributed by atoms with Crippen LogP contribution in [0.1, 0.15) is 21.5 Å². The monoisotopic (exact) mass is 642 g/mol. The zero-order chi connectivity index (χ0) is 29.6. The maximum absolute atomic E-state index is 13.4. The molecule has 1 N–H and O–H groups in total. The predicted octanol–water partition coefficient (Wildman–Crippen LogP) is 6.51. The van der Waals surface area contributed by atoms with Gasteiger partial charge in [-0.15, -0.1) is 0 Å². The Kier molecular flexibility index (Phi) is 10.2. The second kappa shape index (κ2) is 14.0. The maximum Gasteiger partial charge on any atom is 0.335 e. The fraction of sp³-hybridized carbons (Fsp3) is 0.258. The number of benzene rings is 3. The van der Waals surface area contributed by atoms with E-state index in [1.807, 2.05) is 36.4 Å². The number of thiocarbonyl (C=S) groups is 1. The van der Waals surface area contributed by atoms with E-state index in [1.54, 1.807) is 35.2 Å². The fourth-order valence-electron chi connectivity index (χ4n) is 4.65. The van der Waals surface area contributed by atoms with Crippen LogP contribution in [0.4, 0.5) is 0 Å². The van der Waals surface area contributed by atoms with Crippen LogP contribution in [0, 0.1) is 0 Å². The molecule has 0 unspecified atom stereocenters. The van der Waals surface area contributed by atoms with E-state index in [9.17, 15) is 9.59 Å². The van der Waals surface area contributed by atoms with E-state index in [4.69, 9.17) is 50.0 Å². The van der Waals surface area contributed by atoms with Crippen LogP contribution in [0.3, 0.4) is 0 Å². The molecule has 2 saturated heterocycles. The number of morpholine rings is 1. The number of rotatable bonds is 10. The zero-order valence-electron chi connectivity index (χ0n) is 22.6. The number of halogens is 2. The van der Waals surface area contributed by atoms with Gasteiger partial charge < -0.3 is 14.6 Å². The van der Waals surface area contributed by atoms with Gasteiger partial charge >= 0.3 is 5.97 Å². The van der Waals surface area contributed by atoms with E-state index in [1.165, 1.54) is 11.8 Å². The summed E-state index contributed by atoms with van der Waals surface area (Å²) in [6.45, 7) is 4.84. The van der Waals surface area contributed by atoms with Crippen LogP contribution in [0.5, 0.6) is 5.75 Å². The third-order valence-electron chi connectivity index (χ3n) is 7.02. The molecule has 11 heteroatoms. The van der Waals surface area contributed by atoms with Gasteiger partial charge in [0.25, 0.3) is 5.91 Å². The number of ether oxygens (including phenoxy) is 2. The number of carboxylic acids is 1. The van der Waals surface area contributed by atoms with Gasteiger partial charge in [-0.25, -0.2) is 4.79 Å². The van der Waals surface area contributed by atoms with Crippen LogP contribution in [-0.2, 0) is 16.0 Å². The zero-order valence-corrected chi connectivity index (χ0v) is 25.7. The lowest BCUT2D eigenvalue weighted by Crippen LogP contribution is -2.38. The third-order valence-corrected chi connectivity index (χ3v) is 9.13. The summed E-state index contributed by atoms with van der Waals surface area (Å²) in [4.78, 5) is 29.0. The Bertz CT molecular complexity index is 1520. The first-order valence-electron chi connectivity index (χ1n) is 13.4. The van der Waals surface area contributed by atoms with Crippen LogP contribution in [0.2, 0.25) is 10.0 Å². The number of aromatic carboxylic acids is 1. The summed E-state index contributed by atoms with van der Waals surface area (Å²) in [6.07, 6.45) is 2.37. The van der Waals surface area contributed by atoms with E-state index in [-0.39, 0.29) is 11.5 Å². The molecule has 3 aromatic carbocycles. The van der Waals surface area contributed by atoms with Crippen molar-refractivity contribution < 1.29 is 24.2 Å². The molecule has 0 spiro atoms. The Morgan fingerprint density at radius 2 is 1.71 bits per heavy atom. The molecule has 2 aliphatic heterocycles. The summed E-state index contributed by atoms with van der Waals surface area (Å²) in [7, 11) is 0. The van der Waals surface area contributed by atoms with Gasteiger partial charge in [-0.05, 0) is 65.6 Å². The average molecular weight is 644 g/mol. The highest BCUT2D eigenvalue weighted by Crippen LogP contribution is 2.37. The van der Waals surface area contributed by atoms with Gasteiger partial charge in [0, 0.05) is 31.7 Å². The lowest BCUT2D eigenvalue weighted by Gasteiger charge is -2.26. The van der Waals surface area contributed by atoms with Crippen molar-refractivity contribution in [3.8, 4) is 16.9 Å². The fourth-order valence-corrected chi connectivity index (χ4v) is 6.24. The molecule has 0 radical (unpaired) electrons. The van der Waals surface area contributed by atoms with Crippen LogP contribution < -0.4 is 4.74 Å². The van der Waals surface area contributed by atoms with Crippen molar-refractivity contribution in [3.63, 3.8) is 0 Å². The second-order valence-electron chi connectivity index (χ2n) is 9.77. The van der Waals surface area contributed by atoms with Gasteiger partial charge in [-0.3, -0.25) is 14.6 Å². The second-order valence-corrected chi connectivity index (χ2v) is 12.3. The first kappa shape index (κ1) is 30.5. The number of hydrogen-bond donors (Lipinski definition) is 1. The summed E-state index contributed by atoms with van der Waals surface area (Å²) >= 11 is 19.2. The highest BCUT2D eigenvalue weighted by molar-refractivity contribution is 8.26. The number of carbonyl (C=O) groups excluding carboxylic acids is 1. The Labute approximate surface area is 264 Å². The number of carbonyl (C=O) groups is 2. The molecule has 2 aliphatic rings. The van der Waals surface area contributed by atoms with Crippen LogP contribution in [0.15, 0.2) is 65.6 Å². The lowest BCUT2D eigenvalue weighted by molar-refractivity contribution is -0.122. The predicted molar refractivity (Wildman–Crippen MR) is 172 cm³/mol. The first-order chi connectivity index (χ1) is 20.3. The van der Waals surface area contributed by atoms with E-state index in [2.05, 4.69) is 4.90 Å². The lowest BCUT2D eigenvalue weighted by atomic mass is 10.0. The van der Waals surface area contributed by atoms with Gasteiger partial charge in [0.1, 0.15) is 16.7 Å². The molecule has 218 valence electrons. The molecule has 0 bridgehead atoms. The van der Waals surface area contributed by atoms with Crippen molar-refractivity contribution in [1.82, 2.24) is 9.80 Å². The minimum atomic E-state index is -0.976. The van der Waals surface area contributed by atoms with E-state index in [0.717, 1.165) is 55.1 Å². The molecule has 2 heterocycles. The molecule has 5 rings (SSSR count). The van der Waals surface area contributed by atoms with Crippen molar-refractivity contribution in [3.05, 3.63) is 92.3 Å². The minimum Gasteiger partial charge on any atom is -0.492 e. The van der Waals surface area contributed by atoms with E-state index < -0.39 is 5.97 Å². The number of amides is 1. The maximum atomic E-state index is 13.4. The number of thioether (sulfide) groups is 1. The number of hydrogen-bond acceptors (Lipinski definition) is 7. The Morgan fingerprint density at radius 3 is 2.43 bits per heavy atom. The summed E-state index contributed by atoms with van der Waals surface area (Å²) in [5, 5.41) is 10.1. The number of nitrogens with zero attached hydrogens (tertiary/aromatic N) is 2. The molecule has 0 saturated carbocycles. The van der Waals surface area contributed by atoms with Crippen molar-refractivity contribution in [2.75, 3.05) is 46.0 Å². The van der Waals surface area contributed by atoms with Crippen molar-refractivity contribution in [2.24, 2.45) is 0 Å². The molecule has 0 atom stereocenters. The van der Waals surface area contributed by atoms with Crippen LogP contribution >= 0.6 is 47.2 Å². The standard InChI is InChI=1S/C31H28Cl2N2O5S2/c32-25-7-5-23(18-26(25)33)22-6-8-27(40-16-13-34-11-14-39-15-12-34)24(17-22)19-28-29(36)35(31(41)42-28)10-9-20-1-3-21(4-2-20)30(37)38/h1-8,17-19H,9-16H2,(H,37,38)/b28-19-. The van der Waals surface area contributed by atoms with Crippen LogP contribution in [0.25, 0.3) is 17.2 Å². The normalized spacial score (nSPS) is 16.8. The highest BCUT2D eigenvalue weighted by Gasteiger charge is 2.32. The highest BCUT2D eigenvalue weighted by atomic mass is 35.5. The van der Waals surface area contributed by atoms with Gasteiger partial charge in [0.2, 0.25) is 0 Å². The largest absolute Gasteiger partial charge is 0.492 e. The van der Waals surface area contributed by atoms with Gasteiger partial charge in [-0.2, -0.15) is 0 Å². The van der Waals surface area contributed by atoms with Crippen LogP contribution in [-0.4, -0.2) is 77.1 Å². The Morgan fingerprint density at radius 1 is 1.00 bits per heavy atom. The summed E-state index contributed by atoms with van der Waals surface area (Å²) in [5.41, 5.74) is 3.69. The molecule has 7 nitrogen and oxygen atoms in total. The molecule has 1 amide bonds. The van der Waals surface area contributed by atoms with Crippen molar-refractivity contribution in [1.29, 1.82) is 0 Å². The Hall–Kier alpha value is -2.92. The minimum absolute atomic E-state index is 0.175. The first-order valence-corrected chi connectivity index (χ1v) is 15.4. The van der Waals surface area contributed by atoms with E-state index in [0.29, 0.717) is 44.6 Å². The molecule has 0 aromatic heterocycles. The van der Waals surface area contributed by atoms with Gasteiger partial charge in [0.05, 0.1) is 33.7 Å². The van der Waals surface area contributed by atoms with Gasteiger partial charge in [-0.1, -0.05) is 71.4 Å². The van der Waals surface area contributed by atoms with Crippen molar-refractivity contribution >= 4 is 69.5 Å². The summed E-state index contributed by atoms with van der Waals surface area (Å²) < 4.78 is 12.1. The molecule has 3 aromatic rings. The summed E-state index contributed by atoms with van der Waals surface area (Å²) in [5.74, 6) is -0.487. The molecule has 2 fully saturated rings. The topological polar surface area (TPSA) is 79.3 Å². The Balaban J connectivity index is 1.35. The average Bonchev–Trinajstić information content (AvgIpc) is 3.26. The number of carboxylic acid groups (broad SMARTS) is 1. The van der Waals surface area contributed by atoms with Gasteiger partial charge in [0.15, 0.2) is 0 Å². The van der Waals surface area contributed by atoms with Crippen molar-refractivity contribution in [2.45, 2.75) is 6.42 Å². The van der Waals surface area contributed by atoms with E-state index >= 15 is 0 Å². The smallest absolute Gasteiger partial charge is 0.335 e. The SMILES string of the molecule is O=C(O)c1ccc(CCN2C(=O)/C(=C/c3cc(-c4ccc(Cl)c(Cl)c4)ccc3OCCN3CCOCC3)SC2=S)cc1. The molecule has 0 aliphatic carbocycles. The molecular weight excluding hydrogens is 615 g/mol. The quantitative estimate of drug-likeness (QED) is 0.198.